The number of rotatable bonds is 2. The number of benzene rings is 1. The number of nitrogens with zero attached hydrogens (tertiary/aromatic N) is 3. The van der Waals surface area contributed by atoms with Gasteiger partial charge in [0.25, 0.3) is 0 Å². The zero-order valence-electron chi connectivity index (χ0n) is 14.7. The van der Waals surface area contributed by atoms with Crippen LogP contribution in [0.15, 0.2) is 36.5 Å². The van der Waals surface area contributed by atoms with Gasteiger partial charge in [-0.05, 0) is 24.5 Å². The molecular formula is C20H23N3O2. The van der Waals surface area contributed by atoms with Gasteiger partial charge in [0.05, 0.1) is 0 Å². The summed E-state index contributed by atoms with van der Waals surface area (Å²) < 4.78 is 2.15. The van der Waals surface area contributed by atoms with Crippen LogP contribution in [0.4, 0.5) is 0 Å². The van der Waals surface area contributed by atoms with Gasteiger partial charge in [-0.2, -0.15) is 0 Å². The molecule has 0 radical (unpaired) electrons. The summed E-state index contributed by atoms with van der Waals surface area (Å²) in [5, 5.41) is 1.26. The third-order valence-corrected chi connectivity index (χ3v) is 5.54. The molecule has 0 aliphatic carbocycles. The van der Waals surface area contributed by atoms with Crippen molar-refractivity contribution in [3.05, 3.63) is 42.1 Å². The molecular weight excluding hydrogens is 314 g/mol. The quantitative estimate of drug-likeness (QED) is 0.845. The standard InChI is InChI=1S/C20H23N3O2/c1-21-13-16(15-5-3-4-6-17(15)21)14-9-11-23(12-10-14)20(25)18-7-8-19(24)22(18)2/h3-6,9,13,18H,7-8,10-12H2,1-2H3. The van der Waals surface area contributed by atoms with E-state index in [0.29, 0.717) is 25.9 Å². The molecule has 0 N–H and O–H groups in total. The molecule has 0 saturated carbocycles. The molecule has 2 amide bonds. The van der Waals surface area contributed by atoms with Crippen LogP contribution in [0.3, 0.4) is 0 Å². The molecule has 1 saturated heterocycles. The molecule has 4 rings (SSSR count). The third kappa shape index (κ3) is 2.64. The van der Waals surface area contributed by atoms with Crippen LogP contribution in [-0.4, -0.2) is 52.4 Å². The zero-order valence-corrected chi connectivity index (χ0v) is 14.7. The summed E-state index contributed by atoms with van der Waals surface area (Å²) in [6.45, 7) is 1.34. The number of carbonyl (C=O) groups is 2. The Hall–Kier alpha value is -2.56. The van der Waals surface area contributed by atoms with Gasteiger partial charge < -0.3 is 14.4 Å². The molecule has 1 atom stereocenters. The van der Waals surface area contributed by atoms with Crippen molar-refractivity contribution in [2.75, 3.05) is 20.1 Å². The van der Waals surface area contributed by atoms with Crippen LogP contribution in [0, 0.1) is 0 Å². The first-order chi connectivity index (χ1) is 12.1. The maximum absolute atomic E-state index is 12.7. The number of hydrogen-bond donors (Lipinski definition) is 0. The number of likely N-dealkylation sites (N-methyl/N-ethyl adjacent to an activating group) is 1. The topological polar surface area (TPSA) is 45.6 Å². The Balaban J connectivity index is 1.54. The summed E-state index contributed by atoms with van der Waals surface area (Å²) in [6, 6.07) is 8.13. The van der Waals surface area contributed by atoms with Gasteiger partial charge in [-0.15, -0.1) is 0 Å². The first kappa shape index (κ1) is 15.9. The van der Waals surface area contributed by atoms with Crippen LogP contribution in [0.1, 0.15) is 24.8 Å². The van der Waals surface area contributed by atoms with Gasteiger partial charge >= 0.3 is 0 Å². The SMILES string of the molecule is CN1C(=O)CCC1C(=O)N1CC=C(c2cn(C)c3ccccc23)CC1. The lowest BCUT2D eigenvalue weighted by atomic mass is 9.98. The van der Waals surface area contributed by atoms with Crippen LogP contribution in [0.25, 0.3) is 16.5 Å². The van der Waals surface area contributed by atoms with Gasteiger partial charge in [0.2, 0.25) is 11.8 Å². The van der Waals surface area contributed by atoms with E-state index in [9.17, 15) is 9.59 Å². The lowest BCUT2D eigenvalue weighted by Crippen LogP contribution is -2.46. The number of carbonyl (C=O) groups excluding carboxylic acids is 2. The van der Waals surface area contributed by atoms with Crippen molar-refractivity contribution in [3.63, 3.8) is 0 Å². The number of fused-ring (bicyclic) bond motifs is 1. The second-order valence-corrected chi connectivity index (χ2v) is 6.99. The maximum atomic E-state index is 12.7. The lowest BCUT2D eigenvalue weighted by molar-refractivity contribution is -0.139. The van der Waals surface area contributed by atoms with Crippen LogP contribution in [-0.2, 0) is 16.6 Å². The van der Waals surface area contributed by atoms with Gasteiger partial charge in [0, 0.05) is 56.3 Å². The Morgan fingerprint density at radius 2 is 1.96 bits per heavy atom. The predicted molar refractivity (Wildman–Crippen MR) is 97.9 cm³/mol. The van der Waals surface area contributed by atoms with E-state index in [1.807, 2.05) is 4.90 Å². The van der Waals surface area contributed by atoms with E-state index in [0.717, 1.165) is 6.42 Å². The number of para-hydroxylation sites is 1. The van der Waals surface area contributed by atoms with Crippen LogP contribution in [0.5, 0.6) is 0 Å². The molecule has 130 valence electrons. The summed E-state index contributed by atoms with van der Waals surface area (Å²) in [5.74, 6) is 0.156. The van der Waals surface area contributed by atoms with Crippen molar-refractivity contribution in [3.8, 4) is 0 Å². The fourth-order valence-corrected chi connectivity index (χ4v) is 4.02. The minimum Gasteiger partial charge on any atom is -0.350 e. The highest BCUT2D eigenvalue weighted by atomic mass is 16.2. The predicted octanol–water partition coefficient (Wildman–Crippen LogP) is 2.41. The Kier molecular flexibility index (Phi) is 3.86. The van der Waals surface area contributed by atoms with E-state index < -0.39 is 0 Å². The van der Waals surface area contributed by atoms with Crippen molar-refractivity contribution in [1.82, 2.24) is 14.4 Å². The lowest BCUT2D eigenvalue weighted by Gasteiger charge is -2.31. The smallest absolute Gasteiger partial charge is 0.245 e. The highest BCUT2D eigenvalue weighted by molar-refractivity contribution is 5.94. The fourth-order valence-electron chi connectivity index (χ4n) is 4.02. The number of hydrogen-bond acceptors (Lipinski definition) is 2. The Labute approximate surface area is 147 Å². The van der Waals surface area contributed by atoms with Crippen molar-refractivity contribution in [2.45, 2.75) is 25.3 Å². The summed E-state index contributed by atoms with van der Waals surface area (Å²) in [5.41, 5.74) is 3.79. The first-order valence-corrected chi connectivity index (χ1v) is 8.84. The molecule has 1 aromatic carbocycles. The summed E-state index contributed by atoms with van der Waals surface area (Å²) in [4.78, 5) is 27.9. The molecule has 25 heavy (non-hydrogen) atoms. The summed E-state index contributed by atoms with van der Waals surface area (Å²) in [7, 11) is 3.80. The Morgan fingerprint density at radius 3 is 2.64 bits per heavy atom. The van der Waals surface area contributed by atoms with Crippen molar-refractivity contribution in [1.29, 1.82) is 0 Å². The fraction of sp³-hybridized carbons (Fsp3) is 0.400. The molecule has 2 aromatic rings. The number of likely N-dealkylation sites (tertiary alicyclic amines) is 1. The van der Waals surface area contributed by atoms with Crippen molar-refractivity contribution < 1.29 is 9.59 Å². The first-order valence-electron chi connectivity index (χ1n) is 8.84. The van der Waals surface area contributed by atoms with E-state index in [4.69, 9.17) is 0 Å². The largest absolute Gasteiger partial charge is 0.350 e. The van der Waals surface area contributed by atoms with Crippen LogP contribution >= 0.6 is 0 Å². The third-order valence-electron chi connectivity index (χ3n) is 5.54. The van der Waals surface area contributed by atoms with Gasteiger partial charge in [-0.3, -0.25) is 9.59 Å². The normalized spacial score (nSPS) is 21.1. The molecule has 1 aromatic heterocycles. The minimum atomic E-state index is -0.278. The maximum Gasteiger partial charge on any atom is 0.245 e. The van der Waals surface area contributed by atoms with E-state index in [-0.39, 0.29) is 17.9 Å². The molecule has 1 unspecified atom stereocenters. The molecule has 2 aliphatic rings. The second-order valence-electron chi connectivity index (χ2n) is 6.99. The number of amides is 2. The Bertz CT molecular complexity index is 880. The van der Waals surface area contributed by atoms with Gasteiger partial charge in [-0.1, -0.05) is 24.3 Å². The average Bonchev–Trinajstić information content (AvgIpc) is 3.15. The Morgan fingerprint density at radius 1 is 1.16 bits per heavy atom. The van der Waals surface area contributed by atoms with E-state index >= 15 is 0 Å². The zero-order chi connectivity index (χ0) is 17.6. The second kappa shape index (κ2) is 6.06. The van der Waals surface area contributed by atoms with Crippen LogP contribution < -0.4 is 0 Å². The van der Waals surface area contributed by atoms with Gasteiger partial charge in [-0.25, -0.2) is 0 Å². The summed E-state index contributed by atoms with van der Waals surface area (Å²) >= 11 is 0. The van der Waals surface area contributed by atoms with Gasteiger partial charge in [0.15, 0.2) is 0 Å². The average molecular weight is 337 g/mol. The highest BCUT2D eigenvalue weighted by Crippen LogP contribution is 2.31. The molecule has 5 nitrogen and oxygen atoms in total. The highest BCUT2D eigenvalue weighted by Gasteiger charge is 2.36. The molecule has 5 heteroatoms. The van der Waals surface area contributed by atoms with Crippen LogP contribution in [0.2, 0.25) is 0 Å². The molecule has 0 bridgehead atoms. The van der Waals surface area contributed by atoms with Crippen molar-refractivity contribution in [2.24, 2.45) is 7.05 Å². The summed E-state index contributed by atoms with van der Waals surface area (Å²) in [6.07, 6.45) is 6.32. The van der Waals surface area contributed by atoms with E-state index in [2.05, 4.69) is 48.2 Å². The molecule has 1 fully saturated rings. The molecule has 2 aliphatic heterocycles. The number of aryl methyl sites for hydroxylation is 1. The minimum absolute atomic E-state index is 0.0716. The molecule has 0 spiro atoms. The number of aromatic nitrogens is 1. The van der Waals surface area contributed by atoms with Gasteiger partial charge in [0.1, 0.15) is 6.04 Å². The monoisotopic (exact) mass is 337 g/mol. The van der Waals surface area contributed by atoms with Crippen molar-refractivity contribution >= 4 is 28.3 Å². The van der Waals surface area contributed by atoms with E-state index in [1.54, 1.807) is 11.9 Å². The van der Waals surface area contributed by atoms with E-state index in [1.165, 1.54) is 22.0 Å². The molecule has 3 heterocycles.